The molecule has 1 aliphatic carbocycles. The van der Waals surface area contributed by atoms with Crippen LogP contribution in [0, 0.1) is 5.92 Å². The summed E-state index contributed by atoms with van der Waals surface area (Å²) in [6, 6.07) is 7.46. The first-order valence-corrected chi connectivity index (χ1v) is 9.27. The molecule has 2 aliphatic rings. The molecule has 3 rings (SSSR count). The van der Waals surface area contributed by atoms with Gasteiger partial charge in [-0.1, -0.05) is 28.9 Å². The third kappa shape index (κ3) is 4.08. The van der Waals surface area contributed by atoms with Crippen LogP contribution in [0.2, 0.25) is 0 Å². The molecule has 1 saturated heterocycles. The molecule has 1 unspecified atom stereocenters. The van der Waals surface area contributed by atoms with Gasteiger partial charge in [0.05, 0.1) is 0 Å². The summed E-state index contributed by atoms with van der Waals surface area (Å²) in [4.78, 5) is 2.57. The Kier molecular flexibility index (Phi) is 5.36. The second-order valence-corrected chi connectivity index (χ2v) is 7.55. The van der Waals surface area contributed by atoms with Crippen molar-refractivity contribution in [2.75, 3.05) is 26.2 Å². The summed E-state index contributed by atoms with van der Waals surface area (Å²) in [5.74, 6) is 0.888. The maximum atomic E-state index is 3.85. The van der Waals surface area contributed by atoms with Crippen LogP contribution in [-0.2, 0) is 12.8 Å². The zero-order valence-electron chi connectivity index (χ0n) is 13.1. The molecule has 1 atom stereocenters. The number of piperidine rings is 1. The molecule has 0 amide bonds. The van der Waals surface area contributed by atoms with E-state index in [0.29, 0.717) is 6.04 Å². The summed E-state index contributed by atoms with van der Waals surface area (Å²) in [5.41, 5.74) is 3.08. The van der Waals surface area contributed by atoms with Gasteiger partial charge in [0.15, 0.2) is 0 Å². The van der Waals surface area contributed by atoms with Crippen molar-refractivity contribution in [1.29, 1.82) is 0 Å². The highest BCUT2D eigenvalue weighted by Crippen LogP contribution is 2.25. The second-order valence-electron chi connectivity index (χ2n) is 6.64. The highest BCUT2D eigenvalue weighted by molar-refractivity contribution is 9.10. The molecule has 0 aromatic heterocycles. The number of rotatable bonds is 4. The SMILES string of the molecule is CCN1CCC(CNC2CCc3cc(Br)ccc3C2)CC1. The predicted molar refractivity (Wildman–Crippen MR) is 92.8 cm³/mol. The van der Waals surface area contributed by atoms with Gasteiger partial charge in [0.25, 0.3) is 0 Å². The Labute approximate surface area is 137 Å². The fourth-order valence-corrected chi connectivity index (χ4v) is 4.15. The fourth-order valence-electron chi connectivity index (χ4n) is 3.74. The van der Waals surface area contributed by atoms with Gasteiger partial charge in [-0.2, -0.15) is 0 Å². The van der Waals surface area contributed by atoms with Gasteiger partial charge >= 0.3 is 0 Å². The average molecular weight is 351 g/mol. The second kappa shape index (κ2) is 7.26. The maximum absolute atomic E-state index is 3.85. The summed E-state index contributed by atoms with van der Waals surface area (Å²) in [7, 11) is 0. The van der Waals surface area contributed by atoms with E-state index >= 15 is 0 Å². The van der Waals surface area contributed by atoms with Crippen molar-refractivity contribution in [1.82, 2.24) is 10.2 Å². The largest absolute Gasteiger partial charge is 0.313 e. The van der Waals surface area contributed by atoms with E-state index in [0.717, 1.165) is 5.92 Å². The van der Waals surface area contributed by atoms with E-state index in [1.165, 1.54) is 62.8 Å². The molecule has 0 radical (unpaired) electrons. The van der Waals surface area contributed by atoms with Crippen molar-refractivity contribution < 1.29 is 0 Å². The van der Waals surface area contributed by atoms with Crippen LogP contribution in [-0.4, -0.2) is 37.1 Å². The minimum Gasteiger partial charge on any atom is -0.313 e. The zero-order valence-corrected chi connectivity index (χ0v) is 14.7. The molecule has 1 fully saturated rings. The highest BCUT2D eigenvalue weighted by atomic mass is 79.9. The molecule has 0 bridgehead atoms. The molecule has 3 heteroatoms. The molecular weight excluding hydrogens is 324 g/mol. The number of benzene rings is 1. The lowest BCUT2D eigenvalue weighted by molar-refractivity contribution is 0.186. The van der Waals surface area contributed by atoms with E-state index in [9.17, 15) is 0 Å². The molecule has 116 valence electrons. The smallest absolute Gasteiger partial charge is 0.0178 e. The van der Waals surface area contributed by atoms with Crippen molar-refractivity contribution in [2.45, 2.75) is 45.1 Å². The predicted octanol–water partition coefficient (Wildman–Crippen LogP) is 3.63. The summed E-state index contributed by atoms with van der Waals surface area (Å²) >= 11 is 3.58. The first-order chi connectivity index (χ1) is 10.2. The number of fused-ring (bicyclic) bond motifs is 1. The van der Waals surface area contributed by atoms with Gasteiger partial charge in [-0.15, -0.1) is 0 Å². The minimum absolute atomic E-state index is 0.683. The van der Waals surface area contributed by atoms with E-state index in [2.05, 4.69) is 51.3 Å². The van der Waals surface area contributed by atoms with Gasteiger partial charge in [0.2, 0.25) is 0 Å². The topological polar surface area (TPSA) is 15.3 Å². The van der Waals surface area contributed by atoms with E-state index in [1.807, 2.05) is 0 Å². The lowest BCUT2D eigenvalue weighted by Crippen LogP contribution is -2.41. The van der Waals surface area contributed by atoms with E-state index in [-0.39, 0.29) is 0 Å². The van der Waals surface area contributed by atoms with Crippen LogP contribution in [0.25, 0.3) is 0 Å². The zero-order chi connectivity index (χ0) is 14.7. The standard InChI is InChI=1S/C18H27BrN2/c1-2-21-9-7-14(8-10-21)13-20-18-6-4-15-11-17(19)5-3-16(15)12-18/h3,5,11,14,18,20H,2,4,6-10,12-13H2,1H3. The Bertz CT molecular complexity index is 466. The van der Waals surface area contributed by atoms with Crippen LogP contribution in [0.4, 0.5) is 0 Å². The van der Waals surface area contributed by atoms with Gasteiger partial charge in [0, 0.05) is 10.5 Å². The molecular formula is C18H27BrN2. The third-order valence-electron chi connectivity index (χ3n) is 5.25. The van der Waals surface area contributed by atoms with Crippen LogP contribution < -0.4 is 5.32 Å². The summed E-state index contributed by atoms with van der Waals surface area (Å²) < 4.78 is 1.22. The molecule has 21 heavy (non-hydrogen) atoms. The molecule has 1 aromatic carbocycles. The molecule has 1 aromatic rings. The van der Waals surface area contributed by atoms with Crippen molar-refractivity contribution in [3.05, 3.63) is 33.8 Å². The number of aryl methyl sites for hydroxylation is 1. The molecule has 0 spiro atoms. The molecule has 1 aliphatic heterocycles. The highest BCUT2D eigenvalue weighted by Gasteiger charge is 2.22. The Morgan fingerprint density at radius 3 is 2.76 bits per heavy atom. The van der Waals surface area contributed by atoms with Gasteiger partial charge in [-0.3, -0.25) is 0 Å². The first kappa shape index (κ1) is 15.5. The average Bonchev–Trinajstić information content (AvgIpc) is 2.53. The Morgan fingerprint density at radius 1 is 1.19 bits per heavy atom. The van der Waals surface area contributed by atoms with Crippen molar-refractivity contribution in [3.8, 4) is 0 Å². The number of hydrogen-bond donors (Lipinski definition) is 1. The van der Waals surface area contributed by atoms with E-state index < -0.39 is 0 Å². The molecule has 0 saturated carbocycles. The summed E-state index contributed by atoms with van der Waals surface area (Å²) in [6.45, 7) is 7.30. The lowest BCUT2D eigenvalue weighted by Gasteiger charge is -2.33. The first-order valence-electron chi connectivity index (χ1n) is 8.47. The van der Waals surface area contributed by atoms with Gasteiger partial charge in [-0.25, -0.2) is 0 Å². The number of hydrogen-bond acceptors (Lipinski definition) is 2. The van der Waals surface area contributed by atoms with E-state index in [1.54, 1.807) is 11.1 Å². The van der Waals surface area contributed by atoms with Gasteiger partial charge in [0.1, 0.15) is 0 Å². The van der Waals surface area contributed by atoms with Crippen molar-refractivity contribution >= 4 is 15.9 Å². The van der Waals surface area contributed by atoms with Crippen molar-refractivity contribution in [3.63, 3.8) is 0 Å². The van der Waals surface area contributed by atoms with Gasteiger partial charge in [-0.05, 0) is 87.5 Å². The molecule has 1 N–H and O–H groups in total. The van der Waals surface area contributed by atoms with Crippen LogP contribution >= 0.6 is 15.9 Å². The van der Waals surface area contributed by atoms with Gasteiger partial charge < -0.3 is 10.2 Å². The molecule has 2 nitrogen and oxygen atoms in total. The third-order valence-corrected chi connectivity index (χ3v) is 5.74. The fraction of sp³-hybridized carbons (Fsp3) is 0.667. The molecule has 1 heterocycles. The summed E-state index contributed by atoms with van der Waals surface area (Å²) in [5, 5.41) is 3.85. The number of likely N-dealkylation sites (tertiary alicyclic amines) is 1. The number of halogens is 1. The summed E-state index contributed by atoms with van der Waals surface area (Å²) in [6.07, 6.45) is 6.46. The van der Waals surface area contributed by atoms with E-state index in [4.69, 9.17) is 0 Å². The van der Waals surface area contributed by atoms with Crippen molar-refractivity contribution in [2.24, 2.45) is 5.92 Å². The number of nitrogens with zero attached hydrogens (tertiary/aromatic N) is 1. The van der Waals surface area contributed by atoms with Crippen LogP contribution in [0.5, 0.6) is 0 Å². The normalized spacial score (nSPS) is 24.0. The van der Waals surface area contributed by atoms with Crippen LogP contribution in [0.1, 0.15) is 37.3 Å². The maximum Gasteiger partial charge on any atom is 0.0178 e. The minimum atomic E-state index is 0.683. The lowest BCUT2D eigenvalue weighted by atomic mass is 9.87. The van der Waals surface area contributed by atoms with Crippen LogP contribution in [0.3, 0.4) is 0 Å². The number of nitrogens with one attached hydrogen (secondary N) is 1. The Hall–Kier alpha value is -0.380. The monoisotopic (exact) mass is 350 g/mol. The quantitative estimate of drug-likeness (QED) is 0.891. The Morgan fingerprint density at radius 2 is 2.00 bits per heavy atom. The van der Waals surface area contributed by atoms with Crippen LogP contribution in [0.15, 0.2) is 22.7 Å². The Balaban J connectivity index is 1.46.